The number of rotatable bonds is 15. The number of amides is 1. The fourth-order valence-corrected chi connectivity index (χ4v) is 2.59. The molecule has 0 saturated carbocycles. The van der Waals surface area contributed by atoms with E-state index in [-0.39, 0.29) is 19.0 Å². The summed E-state index contributed by atoms with van der Waals surface area (Å²) in [5.41, 5.74) is 0. The van der Waals surface area contributed by atoms with Gasteiger partial charge in [-0.15, -0.1) is 0 Å². The van der Waals surface area contributed by atoms with Gasteiger partial charge in [-0.2, -0.15) is 92.2 Å². The van der Waals surface area contributed by atoms with Crippen molar-refractivity contribution in [2.24, 2.45) is 0 Å². The molecule has 0 aromatic rings. The zero-order valence-electron chi connectivity index (χ0n) is 20.2. The molecule has 0 bridgehead atoms. The van der Waals surface area contributed by atoms with Crippen LogP contribution in [0.25, 0.3) is 0 Å². The first-order valence-corrected chi connectivity index (χ1v) is 10.1. The molecule has 258 valence electrons. The number of alkyl halides is 21. The highest BCUT2D eigenvalue weighted by atomic mass is 19.4. The van der Waals surface area contributed by atoms with Crippen molar-refractivity contribution in [2.45, 2.75) is 85.2 Å². The van der Waals surface area contributed by atoms with Gasteiger partial charge in [-0.3, -0.25) is 9.59 Å². The van der Waals surface area contributed by atoms with Crippen LogP contribution in [0.3, 0.4) is 0 Å². The number of hydrogen-bond acceptors (Lipinski definition) is 2. The monoisotopic (exact) mass is 695 g/mol. The molecule has 1 amide bonds. The van der Waals surface area contributed by atoms with E-state index >= 15 is 0 Å². The lowest BCUT2D eigenvalue weighted by molar-refractivity contribution is -0.472. The molecule has 26 heteroatoms. The number of aliphatic carboxylic acids is 1. The largest absolute Gasteiger partial charge is 0.481 e. The highest BCUT2D eigenvalue weighted by molar-refractivity contribution is 5.84. The van der Waals surface area contributed by atoms with E-state index in [2.05, 4.69) is 0 Å². The van der Waals surface area contributed by atoms with Crippen LogP contribution in [-0.2, 0) is 9.59 Å². The molecule has 0 aliphatic rings. The molecule has 0 saturated heterocycles. The molecule has 0 aromatic heterocycles. The first-order valence-electron chi connectivity index (χ1n) is 10.1. The van der Waals surface area contributed by atoms with Crippen molar-refractivity contribution >= 4 is 11.9 Å². The van der Waals surface area contributed by atoms with E-state index in [9.17, 15) is 102 Å². The van der Waals surface area contributed by atoms with Crippen LogP contribution in [0.2, 0.25) is 0 Å². The number of carbonyl (C=O) groups is 2. The number of nitrogens with one attached hydrogen (secondary N) is 1. The SMILES string of the molecule is O=C(O)CCCCCNC(=O)C(F)(F)C(F)(F)C(F)(F)C(F)(F)C(F)(F)C(F)(F)C(F)(F)C(F)(F)C(F)(F)C(F)(F)F.[NH4+]. The maximum atomic E-state index is 13.7. The number of halogens is 21. The Morgan fingerprint density at radius 1 is 0.465 bits per heavy atom. The van der Waals surface area contributed by atoms with Gasteiger partial charge in [-0.05, 0) is 12.8 Å². The lowest BCUT2D eigenvalue weighted by atomic mass is 9.86. The third-order valence-electron chi connectivity index (χ3n) is 5.15. The molecule has 43 heavy (non-hydrogen) atoms. The Balaban J connectivity index is 0. The number of quaternary nitrogens is 1. The normalized spacial score (nSPS) is 15.2. The van der Waals surface area contributed by atoms with Crippen LogP contribution in [0, 0.1) is 0 Å². The summed E-state index contributed by atoms with van der Waals surface area (Å²) in [7, 11) is 0. The van der Waals surface area contributed by atoms with Crippen molar-refractivity contribution in [3.05, 3.63) is 0 Å². The number of carbonyl (C=O) groups excluding carboxylic acids is 1. The summed E-state index contributed by atoms with van der Waals surface area (Å²) in [6.45, 7) is -1.28. The molecule has 0 aliphatic carbocycles. The lowest BCUT2D eigenvalue weighted by Gasteiger charge is -2.44. The van der Waals surface area contributed by atoms with Crippen molar-refractivity contribution < 1.29 is 107 Å². The minimum atomic E-state index is -9.28. The standard InChI is InChI=1S/C17H12F21NO3.H3N/c18-8(19,7(42)39-5-3-1-2-4-6(40)41)9(20,21)10(22,23)11(24,25)12(26,27)13(28,29)14(30,31)15(32,33)16(34,35)17(36,37)38;/h1-5H2,(H,39,42)(H,40,41);1H3/p+1. The van der Waals surface area contributed by atoms with Gasteiger partial charge in [0.25, 0.3) is 5.91 Å². The summed E-state index contributed by atoms with van der Waals surface area (Å²) in [4.78, 5) is 21.4. The fraction of sp³-hybridized carbons (Fsp3) is 0.882. The summed E-state index contributed by atoms with van der Waals surface area (Å²) in [6.07, 6.45) is -9.92. The van der Waals surface area contributed by atoms with E-state index in [0.717, 1.165) is 0 Å². The summed E-state index contributed by atoms with van der Waals surface area (Å²) >= 11 is 0. The third-order valence-corrected chi connectivity index (χ3v) is 5.15. The molecule has 6 N–H and O–H groups in total. The van der Waals surface area contributed by atoms with E-state index < -0.39 is 90.7 Å². The Bertz CT molecular complexity index is 992. The van der Waals surface area contributed by atoms with Gasteiger partial charge in [-0.1, -0.05) is 6.42 Å². The van der Waals surface area contributed by atoms with Crippen LogP contribution in [0.15, 0.2) is 0 Å². The second-order valence-corrected chi connectivity index (χ2v) is 8.13. The third kappa shape index (κ3) is 6.33. The Kier molecular flexibility index (Phi) is 12.0. The predicted octanol–water partition coefficient (Wildman–Crippen LogP) is 7.40. The van der Waals surface area contributed by atoms with Crippen LogP contribution in [-0.4, -0.2) is 83.0 Å². The molecular weight excluding hydrogens is 679 g/mol. The molecular formula is C17H16F21N2O3+. The molecule has 0 atom stereocenters. The van der Waals surface area contributed by atoms with Gasteiger partial charge in [0.1, 0.15) is 0 Å². The Labute approximate surface area is 223 Å². The average molecular weight is 695 g/mol. The molecule has 0 aromatic carbocycles. The molecule has 0 rings (SSSR count). The number of carboxylic acid groups (broad SMARTS) is 1. The number of carboxylic acids is 1. The van der Waals surface area contributed by atoms with Crippen LogP contribution < -0.4 is 11.5 Å². The molecule has 0 unspecified atom stereocenters. The van der Waals surface area contributed by atoms with Gasteiger partial charge in [0.05, 0.1) is 0 Å². The minimum absolute atomic E-state index is 0. The van der Waals surface area contributed by atoms with Crippen LogP contribution in [0.1, 0.15) is 25.7 Å². The molecule has 0 spiro atoms. The molecule has 0 heterocycles. The van der Waals surface area contributed by atoms with Gasteiger partial charge >= 0.3 is 65.4 Å². The quantitative estimate of drug-likeness (QED) is 0.123. The molecule has 5 nitrogen and oxygen atoms in total. The van der Waals surface area contributed by atoms with Crippen molar-refractivity contribution in [2.75, 3.05) is 6.54 Å². The molecule has 0 aliphatic heterocycles. The zero-order chi connectivity index (χ0) is 34.4. The summed E-state index contributed by atoms with van der Waals surface area (Å²) in [5.74, 6) is -84.1. The highest BCUT2D eigenvalue weighted by Gasteiger charge is 2.98. The van der Waals surface area contributed by atoms with E-state index in [1.807, 2.05) is 0 Å². The van der Waals surface area contributed by atoms with Crippen LogP contribution in [0.5, 0.6) is 0 Å². The molecule has 0 radical (unpaired) electrons. The van der Waals surface area contributed by atoms with E-state index in [1.165, 1.54) is 0 Å². The average Bonchev–Trinajstić information content (AvgIpc) is 2.78. The maximum Gasteiger partial charge on any atom is 0.460 e. The van der Waals surface area contributed by atoms with Crippen molar-refractivity contribution in [3.63, 3.8) is 0 Å². The van der Waals surface area contributed by atoms with E-state index in [4.69, 9.17) is 5.11 Å². The summed E-state index contributed by atoms with van der Waals surface area (Å²) < 4.78 is 279. The zero-order valence-corrected chi connectivity index (χ0v) is 20.2. The first kappa shape index (κ1) is 42.6. The van der Waals surface area contributed by atoms with E-state index in [1.54, 1.807) is 0 Å². The number of hydrogen-bond donors (Lipinski definition) is 3. The predicted molar refractivity (Wildman–Crippen MR) is 95.7 cm³/mol. The van der Waals surface area contributed by atoms with Gasteiger partial charge < -0.3 is 16.6 Å². The Hall–Kier alpha value is -2.57. The lowest BCUT2D eigenvalue weighted by Crippen LogP contribution is -2.77. The summed E-state index contributed by atoms with van der Waals surface area (Å²) in [6, 6.07) is 0. The Morgan fingerprint density at radius 2 is 0.767 bits per heavy atom. The maximum absolute atomic E-state index is 13.7. The first-order chi connectivity index (χ1) is 18.1. The van der Waals surface area contributed by atoms with Crippen molar-refractivity contribution in [1.82, 2.24) is 11.5 Å². The second-order valence-electron chi connectivity index (χ2n) is 8.13. The topological polar surface area (TPSA) is 103 Å². The number of unbranched alkanes of at least 4 members (excludes halogenated alkanes) is 2. The van der Waals surface area contributed by atoms with Crippen molar-refractivity contribution in [3.8, 4) is 0 Å². The smallest absolute Gasteiger partial charge is 0.460 e. The van der Waals surface area contributed by atoms with Gasteiger partial charge in [0.2, 0.25) is 0 Å². The Morgan fingerprint density at radius 3 is 1.07 bits per heavy atom. The molecule has 0 fully saturated rings. The van der Waals surface area contributed by atoms with Gasteiger partial charge in [0.15, 0.2) is 0 Å². The summed E-state index contributed by atoms with van der Waals surface area (Å²) in [5, 5.41) is 8.96. The van der Waals surface area contributed by atoms with Crippen LogP contribution >= 0.6 is 0 Å². The second kappa shape index (κ2) is 12.1. The van der Waals surface area contributed by atoms with Gasteiger partial charge in [0, 0.05) is 13.0 Å². The van der Waals surface area contributed by atoms with Gasteiger partial charge in [-0.25, -0.2) is 0 Å². The fourth-order valence-electron chi connectivity index (χ4n) is 2.59. The van der Waals surface area contributed by atoms with E-state index in [0.29, 0.717) is 5.32 Å². The van der Waals surface area contributed by atoms with Crippen molar-refractivity contribution in [1.29, 1.82) is 0 Å². The minimum Gasteiger partial charge on any atom is -0.481 e. The highest BCUT2D eigenvalue weighted by Crippen LogP contribution is 2.66. The van der Waals surface area contributed by atoms with Crippen LogP contribution in [0.4, 0.5) is 92.2 Å².